The van der Waals surface area contributed by atoms with Crippen LogP contribution in [0.3, 0.4) is 0 Å². The fraction of sp³-hybridized carbons (Fsp3) is 0.167. The third-order valence-electron chi connectivity index (χ3n) is 2.26. The highest BCUT2D eigenvalue weighted by Gasteiger charge is 2.13. The molecule has 2 heterocycles. The SMILES string of the molecule is CCc1nc(S/C(=C\c2ccncc2)C(=O)O)n[nH]1. The van der Waals surface area contributed by atoms with Crippen molar-refractivity contribution in [2.75, 3.05) is 0 Å². The summed E-state index contributed by atoms with van der Waals surface area (Å²) in [7, 11) is 0. The van der Waals surface area contributed by atoms with Crippen LogP contribution in [0.1, 0.15) is 18.3 Å². The highest BCUT2D eigenvalue weighted by Crippen LogP contribution is 2.25. The second-order valence-electron chi connectivity index (χ2n) is 3.61. The minimum absolute atomic E-state index is 0.160. The molecular formula is C12H12N4O2S. The third kappa shape index (κ3) is 3.65. The molecule has 98 valence electrons. The number of nitrogens with zero attached hydrogens (tertiary/aromatic N) is 3. The number of hydrogen-bond acceptors (Lipinski definition) is 5. The van der Waals surface area contributed by atoms with Gasteiger partial charge in [-0.05, 0) is 35.5 Å². The van der Waals surface area contributed by atoms with Crippen molar-refractivity contribution in [1.82, 2.24) is 20.2 Å². The van der Waals surface area contributed by atoms with Crippen LogP contribution in [0, 0.1) is 0 Å². The molecule has 2 aromatic rings. The number of carboxylic acid groups (broad SMARTS) is 1. The van der Waals surface area contributed by atoms with Gasteiger partial charge in [0.2, 0.25) is 5.16 Å². The number of aromatic amines is 1. The average molecular weight is 276 g/mol. The van der Waals surface area contributed by atoms with Crippen LogP contribution in [0.2, 0.25) is 0 Å². The number of nitrogens with one attached hydrogen (secondary N) is 1. The normalized spacial score (nSPS) is 11.5. The molecule has 0 saturated carbocycles. The van der Waals surface area contributed by atoms with Crippen LogP contribution >= 0.6 is 11.8 Å². The standard InChI is InChI=1S/C12H12N4O2S/c1-2-10-14-12(16-15-10)19-9(11(17)18)7-8-3-5-13-6-4-8/h3-7H,2H2,1H3,(H,17,18)(H,14,15,16)/b9-7-. The van der Waals surface area contributed by atoms with E-state index in [-0.39, 0.29) is 4.91 Å². The van der Waals surface area contributed by atoms with Gasteiger partial charge >= 0.3 is 5.97 Å². The molecule has 2 rings (SSSR count). The van der Waals surface area contributed by atoms with E-state index in [0.29, 0.717) is 5.16 Å². The lowest BCUT2D eigenvalue weighted by Gasteiger charge is -1.98. The Morgan fingerprint density at radius 1 is 1.47 bits per heavy atom. The molecule has 19 heavy (non-hydrogen) atoms. The zero-order chi connectivity index (χ0) is 13.7. The quantitative estimate of drug-likeness (QED) is 0.641. The fourth-order valence-electron chi connectivity index (χ4n) is 1.33. The molecule has 2 aromatic heterocycles. The van der Waals surface area contributed by atoms with Gasteiger partial charge in [0.25, 0.3) is 0 Å². The average Bonchev–Trinajstić information content (AvgIpc) is 2.87. The molecule has 0 aliphatic rings. The summed E-state index contributed by atoms with van der Waals surface area (Å²) >= 11 is 1.02. The molecule has 0 saturated heterocycles. The summed E-state index contributed by atoms with van der Waals surface area (Å²) < 4.78 is 0. The number of aliphatic carboxylic acids is 1. The van der Waals surface area contributed by atoms with E-state index < -0.39 is 5.97 Å². The summed E-state index contributed by atoms with van der Waals surface area (Å²) in [6.07, 6.45) is 5.51. The van der Waals surface area contributed by atoms with Crippen LogP contribution in [0.4, 0.5) is 0 Å². The highest BCUT2D eigenvalue weighted by atomic mass is 32.2. The second kappa shape index (κ2) is 6.14. The summed E-state index contributed by atoms with van der Waals surface area (Å²) in [5, 5.41) is 16.3. The number of carbonyl (C=O) groups is 1. The van der Waals surface area contributed by atoms with E-state index in [4.69, 9.17) is 0 Å². The number of thioether (sulfide) groups is 1. The number of pyridine rings is 1. The smallest absolute Gasteiger partial charge is 0.342 e. The lowest BCUT2D eigenvalue weighted by molar-refractivity contribution is -0.131. The lowest BCUT2D eigenvalue weighted by Crippen LogP contribution is -1.97. The Morgan fingerprint density at radius 3 is 2.79 bits per heavy atom. The predicted molar refractivity (Wildman–Crippen MR) is 71.5 cm³/mol. The van der Waals surface area contributed by atoms with E-state index in [1.54, 1.807) is 30.6 Å². The molecule has 0 fully saturated rings. The van der Waals surface area contributed by atoms with Crippen LogP contribution in [0.15, 0.2) is 34.6 Å². The Labute approximate surface area is 114 Å². The third-order valence-corrected chi connectivity index (χ3v) is 3.14. The van der Waals surface area contributed by atoms with Crippen molar-refractivity contribution in [2.45, 2.75) is 18.5 Å². The molecule has 0 aromatic carbocycles. The van der Waals surface area contributed by atoms with Gasteiger partial charge in [-0.15, -0.1) is 5.10 Å². The minimum Gasteiger partial charge on any atom is -0.477 e. The van der Waals surface area contributed by atoms with Gasteiger partial charge in [-0.3, -0.25) is 10.1 Å². The molecule has 7 heteroatoms. The topological polar surface area (TPSA) is 91.8 Å². The van der Waals surface area contributed by atoms with E-state index in [1.165, 1.54) is 0 Å². The first kappa shape index (κ1) is 13.3. The molecule has 0 aliphatic heterocycles. The molecule has 0 bridgehead atoms. The maximum absolute atomic E-state index is 11.2. The zero-order valence-corrected chi connectivity index (χ0v) is 11.0. The number of hydrogen-bond donors (Lipinski definition) is 2. The van der Waals surface area contributed by atoms with Crippen molar-refractivity contribution in [2.24, 2.45) is 0 Å². The van der Waals surface area contributed by atoms with E-state index >= 15 is 0 Å². The number of rotatable bonds is 5. The number of aryl methyl sites for hydroxylation is 1. The Kier molecular flexibility index (Phi) is 4.30. The van der Waals surface area contributed by atoms with Crippen molar-refractivity contribution in [3.05, 3.63) is 40.8 Å². The Bertz CT molecular complexity index is 595. The van der Waals surface area contributed by atoms with Crippen LogP contribution in [0.5, 0.6) is 0 Å². The van der Waals surface area contributed by atoms with Crippen LogP contribution in [0.25, 0.3) is 6.08 Å². The van der Waals surface area contributed by atoms with Gasteiger partial charge in [0, 0.05) is 18.8 Å². The molecule has 6 nitrogen and oxygen atoms in total. The van der Waals surface area contributed by atoms with Gasteiger partial charge < -0.3 is 5.11 Å². The summed E-state index contributed by atoms with van der Waals surface area (Å²) in [5.41, 5.74) is 0.770. The largest absolute Gasteiger partial charge is 0.477 e. The summed E-state index contributed by atoms with van der Waals surface area (Å²) in [5.74, 6) is -0.277. The Morgan fingerprint density at radius 2 is 2.21 bits per heavy atom. The lowest BCUT2D eigenvalue weighted by atomic mass is 10.2. The Hall–Kier alpha value is -2.15. The van der Waals surface area contributed by atoms with E-state index in [0.717, 1.165) is 29.6 Å². The minimum atomic E-state index is -1.01. The molecular weight excluding hydrogens is 264 g/mol. The maximum Gasteiger partial charge on any atom is 0.342 e. The predicted octanol–water partition coefficient (Wildman–Crippen LogP) is 1.98. The van der Waals surface area contributed by atoms with Crippen molar-refractivity contribution >= 4 is 23.8 Å². The van der Waals surface area contributed by atoms with Gasteiger partial charge in [0.05, 0.1) is 0 Å². The molecule has 0 unspecified atom stereocenters. The first-order chi connectivity index (χ1) is 9.19. The van der Waals surface area contributed by atoms with Gasteiger partial charge in [0.15, 0.2) is 0 Å². The summed E-state index contributed by atoms with van der Waals surface area (Å²) in [6.45, 7) is 1.94. The van der Waals surface area contributed by atoms with Crippen molar-refractivity contribution in [3.63, 3.8) is 0 Å². The van der Waals surface area contributed by atoms with Crippen molar-refractivity contribution < 1.29 is 9.90 Å². The molecule has 0 atom stereocenters. The van der Waals surface area contributed by atoms with Gasteiger partial charge in [-0.25, -0.2) is 9.78 Å². The molecule has 0 radical (unpaired) electrons. The first-order valence-corrected chi connectivity index (χ1v) is 6.45. The van der Waals surface area contributed by atoms with Crippen LogP contribution in [-0.4, -0.2) is 31.2 Å². The van der Waals surface area contributed by atoms with E-state index in [1.807, 2.05) is 6.92 Å². The Balaban J connectivity index is 2.21. The molecule has 0 aliphatic carbocycles. The maximum atomic E-state index is 11.2. The van der Waals surface area contributed by atoms with E-state index in [9.17, 15) is 9.90 Å². The van der Waals surface area contributed by atoms with Crippen molar-refractivity contribution in [3.8, 4) is 0 Å². The molecule has 2 N–H and O–H groups in total. The molecule has 0 amide bonds. The zero-order valence-electron chi connectivity index (χ0n) is 10.2. The number of carboxylic acids is 1. The highest BCUT2D eigenvalue weighted by molar-refractivity contribution is 8.04. The summed E-state index contributed by atoms with van der Waals surface area (Å²) in [6, 6.07) is 3.47. The molecule has 0 spiro atoms. The van der Waals surface area contributed by atoms with Crippen molar-refractivity contribution in [1.29, 1.82) is 0 Å². The van der Waals surface area contributed by atoms with Gasteiger partial charge in [0.1, 0.15) is 10.7 Å². The second-order valence-corrected chi connectivity index (χ2v) is 4.62. The van der Waals surface area contributed by atoms with Gasteiger partial charge in [-0.2, -0.15) is 0 Å². The number of aromatic nitrogens is 4. The van der Waals surface area contributed by atoms with E-state index in [2.05, 4.69) is 20.2 Å². The number of H-pyrrole nitrogens is 1. The van der Waals surface area contributed by atoms with Crippen LogP contribution < -0.4 is 0 Å². The van der Waals surface area contributed by atoms with Gasteiger partial charge in [-0.1, -0.05) is 6.92 Å². The summed E-state index contributed by atoms with van der Waals surface area (Å²) in [4.78, 5) is 19.4. The first-order valence-electron chi connectivity index (χ1n) is 5.63. The monoisotopic (exact) mass is 276 g/mol. The van der Waals surface area contributed by atoms with Crippen LogP contribution in [-0.2, 0) is 11.2 Å². The fourth-order valence-corrected chi connectivity index (χ4v) is 2.05.